The predicted molar refractivity (Wildman–Crippen MR) is 180 cm³/mol. The van der Waals surface area contributed by atoms with Gasteiger partial charge in [0.1, 0.15) is 5.75 Å². The lowest BCUT2D eigenvalue weighted by Crippen LogP contribution is -2.45. The number of carbonyl (C=O) groups excluding carboxylic acids is 2. The van der Waals surface area contributed by atoms with Gasteiger partial charge in [0.25, 0.3) is 0 Å². The van der Waals surface area contributed by atoms with Gasteiger partial charge in [-0.25, -0.2) is 8.78 Å². The van der Waals surface area contributed by atoms with Crippen LogP contribution in [0.15, 0.2) is 66.7 Å². The molecule has 1 unspecified atom stereocenters. The Morgan fingerprint density at radius 2 is 1.67 bits per heavy atom. The highest BCUT2D eigenvalue weighted by Gasteiger charge is 2.30. The van der Waals surface area contributed by atoms with E-state index in [9.17, 15) is 18.4 Å². The minimum absolute atomic E-state index is 0.0325. The molecule has 7 nitrogen and oxygen atoms in total. The number of morpholine rings is 1. The van der Waals surface area contributed by atoms with Gasteiger partial charge in [-0.3, -0.25) is 14.5 Å². The Balaban J connectivity index is 0.000000236. The smallest absolute Gasteiger partial charge is 0.229 e. The molecule has 0 radical (unpaired) electrons. The normalized spacial score (nSPS) is 16.6. The van der Waals surface area contributed by atoms with Gasteiger partial charge in [-0.15, -0.1) is 0 Å². The molecular weight excluding hydrogens is 635 g/mol. The van der Waals surface area contributed by atoms with Gasteiger partial charge in [-0.1, -0.05) is 41.4 Å². The molecule has 0 bridgehead atoms. The van der Waals surface area contributed by atoms with Crippen molar-refractivity contribution in [2.24, 2.45) is 5.92 Å². The fourth-order valence-electron chi connectivity index (χ4n) is 4.89. The molecule has 0 saturated carbocycles. The van der Waals surface area contributed by atoms with Crippen LogP contribution in [-0.4, -0.2) is 73.7 Å². The van der Waals surface area contributed by atoms with Crippen LogP contribution in [0.25, 0.3) is 0 Å². The fourth-order valence-corrected chi connectivity index (χ4v) is 5.33. The number of nitrogens with zero attached hydrogens (tertiary/aromatic N) is 2. The van der Waals surface area contributed by atoms with Gasteiger partial charge in [0.05, 0.1) is 25.2 Å². The van der Waals surface area contributed by atoms with Crippen LogP contribution in [0.4, 0.5) is 14.5 Å². The van der Waals surface area contributed by atoms with Crippen LogP contribution in [0.2, 0.25) is 10.0 Å². The van der Waals surface area contributed by atoms with Gasteiger partial charge >= 0.3 is 0 Å². The zero-order chi connectivity index (χ0) is 33.5. The Morgan fingerprint density at radius 1 is 0.978 bits per heavy atom. The summed E-state index contributed by atoms with van der Waals surface area (Å²) < 4.78 is 35.5. The van der Waals surface area contributed by atoms with Crippen LogP contribution < -0.4 is 10.1 Å². The molecule has 3 aromatic rings. The predicted octanol–water partition coefficient (Wildman–Crippen LogP) is 7.64. The molecule has 11 heteroatoms. The number of likely N-dealkylation sites (tertiary alicyclic amines) is 1. The lowest BCUT2D eigenvalue weighted by Gasteiger charge is -2.33. The molecule has 46 heavy (non-hydrogen) atoms. The summed E-state index contributed by atoms with van der Waals surface area (Å²) in [5, 5.41) is 4.31. The van der Waals surface area contributed by atoms with E-state index in [1.807, 2.05) is 56.0 Å². The summed E-state index contributed by atoms with van der Waals surface area (Å²) in [7, 11) is 0. The van der Waals surface area contributed by atoms with Crippen molar-refractivity contribution in [1.29, 1.82) is 0 Å². The third kappa shape index (κ3) is 13.6. The standard InChI is InChI=1S/C19H26ClN3O3.C9H10F2O.C7H7Cl/c20-16-3-1-4-17(13-16)21-19(25)15-5-6-18(24)23(14-15)8-2-7-22-9-11-26-12-10-22;1-6(2)12-7-3-4-8(10)9(11)5-7;1-6-3-2-4-7(8)5-6/h1,3-4,13,15H,2,5-12,14H2,(H,21,25);3-6H,1-2H3;2-5H,1H3. The Kier molecular flexibility index (Phi) is 15.7. The van der Waals surface area contributed by atoms with Crippen LogP contribution in [0.3, 0.4) is 0 Å². The number of piperidine rings is 1. The first-order valence-corrected chi connectivity index (χ1v) is 16.2. The van der Waals surface area contributed by atoms with Gasteiger partial charge in [-0.2, -0.15) is 0 Å². The third-order valence-corrected chi connectivity index (χ3v) is 7.68. The van der Waals surface area contributed by atoms with E-state index in [0.29, 0.717) is 42.4 Å². The maximum atomic E-state index is 12.6. The largest absolute Gasteiger partial charge is 0.491 e. The van der Waals surface area contributed by atoms with E-state index in [0.717, 1.165) is 56.4 Å². The average molecular weight is 679 g/mol. The molecular formula is C35H43Cl2F2N3O4. The highest BCUT2D eigenvalue weighted by molar-refractivity contribution is 6.31. The Labute approximate surface area is 280 Å². The second-order valence-corrected chi connectivity index (χ2v) is 12.3. The van der Waals surface area contributed by atoms with E-state index in [-0.39, 0.29) is 23.8 Å². The molecule has 0 aliphatic carbocycles. The number of hydrogen-bond donors (Lipinski definition) is 1. The summed E-state index contributed by atoms with van der Waals surface area (Å²) in [6.07, 6.45) is 1.93. The second kappa shape index (κ2) is 19.4. The number of amides is 2. The monoisotopic (exact) mass is 677 g/mol. The highest BCUT2D eigenvalue weighted by Crippen LogP contribution is 2.22. The number of anilines is 1. The number of nitrogens with one attached hydrogen (secondary N) is 1. The lowest BCUT2D eigenvalue weighted by molar-refractivity contribution is -0.137. The number of benzene rings is 3. The minimum Gasteiger partial charge on any atom is -0.491 e. The van der Waals surface area contributed by atoms with E-state index in [4.69, 9.17) is 32.7 Å². The van der Waals surface area contributed by atoms with Gasteiger partial charge < -0.3 is 19.7 Å². The van der Waals surface area contributed by atoms with Crippen molar-refractivity contribution in [3.63, 3.8) is 0 Å². The summed E-state index contributed by atoms with van der Waals surface area (Å²) in [6.45, 7) is 11.3. The van der Waals surface area contributed by atoms with E-state index < -0.39 is 11.6 Å². The molecule has 5 rings (SSSR count). The van der Waals surface area contributed by atoms with Crippen LogP contribution in [0, 0.1) is 24.5 Å². The van der Waals surface area contributed by atoms with Crippen LogP contribution in [-0.2, 0) is 14.3 Å². The molecule has 250 valence electrons. The van der Waals surface area contributed by atoms with E-state index in [1.54, 1.807) is 18.2 Å². The Hall–Kier alpha value is -3.24. The molecule has 2 aliphatic heterocycles. The van der Waals surface area contributed by atoms with E-state index in [2.05, 4.69) is 10.2 Å². The molecule has 2 heterocycles. The average Bonchev–Trinajstić information content (AvgIpc) is 3.01. The van der Waals surface area contributed by atoms with Crippen molar-refractivity contribution < 1.29 is 27.8 Å². The number of rotatable bonds is 8. The first-order valence-electron chi connectivity index (χ1n) is 15.5. The Bertz CT molecular complexity index is 1390. The number of halogens is 4. The summed E-state index contributed by atoms with van der Waals surface area (Å²) in [4.78, 5) is 28.9. The first kappa shape index (κ1) is 37.2. The van der Waals surface area contributed by atoms with Crippen molar-refractivity contribution in [2.75, 3.05) is 51.3 Å². The summed E-state index contributed by atoms with van der Waals surface area (Å²) in [5.74, 6) is -1.45. The molecule has 0 aromatic heterocycles. The Morgan fingerprint density at radius 3 is 2.28 bits per heavy atom. The lowest BCUT2D eigenvalue weighted by atomic mass is 9.96. The number of hydrogen-bond acceptors (Lipinski definition) is 5. The SMILES string of the molecule is CC(C)Oc1ccc(F)c(F)c1.Cc1cccc(Cl)c1.O=C(Nc1cccc(Cl)c1)C1CCC(=O)N(CCCN2CCOCC2)C1. The maximum absolute atomic E-state index is 12.6. The molecule has 0 spiro atoms. The minimum atomic E-state index is -0.881. The summed E-state index contributed by atoms with van der Waals surface area (Å²) >= 11 is 11.6. The van der Waals surface area contributed by atoms with Crippen molar-refractivity contribution in [3.05, 3.63) is 94.0 Å². The van der Waals surface area contributed by atoms with Gasteiger partial charge in [-0.05, 0) is 81.6 Å². The maximum Gasteiger partial charge on any atom is 0.229 e. The number of aryl methyl sites for hydroxylation is 1. The van der Waals surface area contributed by atoms with Crippen LogP contribution in [0.5, 0.6) is 5.75 Å². The molecule has 1 N–H and O–H groups in total. The van der Waals surface area contributed by atoms with Crippen molar-refractivity contribution in [1.82, 2.24) is 9.80 Å². The molecule has 2 amide bonds. The molecule has 3 aromatic carbocycles. The zero-order valence-electron chi connectivity index (χ0n) is 26.6. The van der Waals surface area contributed by atoms with Crippen molar-refractivity contribution in [3.8, 4) is 5.75 Å². The van der Waals surface area contributed by atoms with Gasteiger partial charge in [0.15, 0.2) is 11.6 Å². The van der Waals surface area contributed by atoms with Crippen LogP contribution >= 0.6 is 23.2 Å². The quantitative estimate of drug-likeness (QED) is 0.265. The topological polar surface area (TPSA) is 71.1 Å². The first-order chi connectivity index (χ1) is 22.0. The van der Waals surface area contributed by atoms with Gasteiger partial charge in [0.2, 0.25) is 11.8 Å². The zero-order valence-corrected chi connectivity index (χ0v) is 28.1. The van der Waals surface area contributed by atoms with E-state index >= 15 is 0 Å². The van der Waals surface area contributed by atoms with E-state index in [1.165, 1.54) is 11.6 Å². The molecule has 2 fully saturated rings. The second-order valence-electron chi connectivity index (χ2n) is 11.4. The van der Waals surface area contributed by atoms with Crippen molar-refractivity contribution >= 4 is 40.7 Å². The fraction of sp³-hybridized carbons (Fsp3) is 0.429. The van der Waals surface area contributed by atoms with Crippen LogP contribution in [0.1, 0.15) is 38.7 Å². The number of ether oxygens (including phenoxy) is 2. The summed E-state index contributed by atoms with van der Waals surface area (Å²) in [6, 6.07) is 18.4. The number of carbonyl (C=O) groups is 2. The molecule has 1 atom stereocenters. The highest BCUT2D eigenvalue weighted by atomic mass is 35.5. The summed E-state index contributed by atoms with van der Waals surface area (Å²) in [5.41, 5.74) is 1.90. The molecule has 2 saturated heterocycles. The third-order valence-electron chi connectivity index (χ3n) is 7.21. The molecule has 2 aliphatic rings. The van der Waals surface area contributed by atoms with Crippen molar-refractivity contribution in [2.45, 2.75) is 46.1 Å². The van der Waals surface area contributed by atoms with Gasteiger partial charge in [0, 0.05) is 60.9 Å².